The van der Waals surface area contributed by atoms with Crippen LogP contribution in [-0.2, 0) is 6.54 Å². The zero-order valence-electron chi connectivity index (χ0n) is 22.8. The first kappa shape index (κ1) is 28.5. The van der Waals surface area contributed by atoms with Gasteiger partial charge in [0.15, 0.2) is 0 Å². The number of nitrogens with one attached hydrogen (secondary N) is 1. The van der Waals surface area contributed by atoms with Gasteiger partial charge in [-0.3, -0.25) is 0 Å². The van der Waals surface area contributed by atoms with Gasteiger partial charge in [-0.1, -0.05) is 55.8 Å². The minimum absolute atomic E-state index is 0.0701. The largest absolute Gasteiger partial charge is 0.457 e. The van der Waals surface area contributed by atoms with E-state index in [0.29, 0.717) is 11.6 Å². The van der Waals surface area contributed by atoms with E-state index in [1.807, 2.05) is 73.3 Å². The van der Waals surface area contributed by atoms with E-state index >= 15 is 0 Å². The molecule has 0 spiro atoms. The Morgan fingerprint density at radius 3 is 2.24 bits per heavy atom. The fourth-order valence-corrected chi connectivity index (χ4v) is 4.59. The number of hydrogen-bond acceptors (Lipinski definition) is 3. The van der Waals surface area contributed by atoms with E-state index in [2.05, 4.69) is 31.0 Å². The topological polar surface area (TPSA) is 44.8 Å². The molecule has 198 valence electrons. The number of hydrogen-bond donors (Lipinski definition) is 1. The van der Waals surface area contributed by atoms with Crippen molar-refractivity contribution >= 4 is 23.3 Å². The number of para-hydroxylation sites is 1. The molecular weight excluding hydrogens is 482 g/mol. The Kier molecular flexibility index (Phi) is 10.8. The highest BCUT2D eigenvalue weighted by Crippen LogP contribution is 2.26. The third kappa shape index (κ3) is 8.51. The second kappa shape index (κ2) is 14.1. The fraction of sp³-hybridized carbons (Fsp3) is 0.387. The van der Waals surface area contributed by atoms with Crippen molar-refractivity contribution in [2.24, 2.45) is 0 Å². The smallest absolute Gasteiger partial charge is 0.322 e. The van der Waals surface area contributed by atoms with Crippen molar-refractivity contribution in [3.05, 3.63) is 88.4 Å². The summed E-state index contributed by atoms with van der Waals surface area (Å²) in [4.78, 5) is 18.0. The van der Waals surface area contributed by atoms with E-state index in [4.69, 9.17) is 16.3 Å². The van der Waals surface area contributed by atoms with E-state index in [1.165, 1.54) is 0 Å². The molecule has 0 aromatic heterocycles. The van der Waals surface area contributed by atoms with Crippen LogP contribution in [0, 0.1) is 13.8 Å². The van der Waals surface area contributed by atoms with Crippen molar-refractivity contribution in [2.75, 3.05) is 25.0 Å². The molecule has 0 fully saturated rings. The van der Waals surface area contributed by atoms with Gasteiger partial charge in [0, 0.05) is 23.3 Å². The minimum Gasteiger partial charge on any atom is -0.457 e. The highest BCUT2D eigenvalue weighted by atomic mass is 35.5. The van der Waals surface area contributed by atoms with Crippen LogP contribution in [0.3, 0.4) is 0 Å². The molecule has 6 heteroatoms. The molecule has 37 heavy (non-hydrogen) atoms. The van der Waals surface area contributed by atoms with Crippen LogP contribution >= 0.6 is 11.6 Å². The second-order valence-electron chi connectivity index (χ2n) is 9.55. The number of urea groups is 1. The first-order chi connectivity index (χ1) is 17.8. The quantitative estimate of drug-likeness (QED) is 0.260. The molecule has 0 aliphatic heterocycles. The van der Waals surface area contributed by atoms with E-state index in [0.717, 1.165) is 66.4 Å². The number of amides is 2. The SMILES string of the molecule is CCN(CC)CCCC(C)N(Cc1cccc(Oc2ccc(Cl)cc2)c1)C(=O)Nc1c(C)cccc1C. The number of aryl methyl sites for hydroxylation is 2. The molecule has 1 atom stereocenters. The van der Waals surface area contributed by atoms with Crippen LogP contribution in [0.4, 0.5) is 10.5 Å². The lowest BCUT2D eigenvalue weighted by molar-refractivity contribution is 0.180. The van der Waals surface area contributed by atoms with Gasteiger partial charge in [0.25, 0.3) is 0 Å². The zero-order valence-corrected chi connectivity index (χ0v) is 23.5. The molecule has 5 nitrogen and oxygen atoms in total. The van der Waals surface area contributed by atoms with Crippen LogP contribution in [0.1, 0.15) is 50.3 Å². The Morgan fingerprint density at radius 2 is 1.59 bits per heavy atom. The van der Waals surface area contributed by atoms with Crippen molar-refractivity contribution < 1.29 is 9.53 Å². The number of carbonyl (C=O) groups excluding carboxylic acids is 1. The van der Waals surface area contributed by atoms with Crippen LogP contribution < -0.4 is 10.1 Å². The molecule has 0 saturated carbocycles. The van der Waals surface area contributed by atoms with Crippen LogP contribution in [0.5, 0.6) is 11.5 Å². The number of halogens is 1. The Labute approximate surface area is 227 Å². The number of rotatable bonds is 12. The monoisotopic (exact) mass is 521 g/mol. The van der Waals surface area contributed by atoms with Gasteiger partial charge < -0.3 is 19.9 Å². The minimum atomic E-state index is -0.0863. The van der Waals surface area contributed by atoms with Gasteiger partial charge in [0.1, 0.15) is 11.5 Å². The molecule has 1 N–H and O–H groups in total. The third-order valence-corrected chi connectivity index (χ3v) is 7.05. The first-order valence-corrected chi connectivity index (χ1v) is 13.6. The molecule has 2 amide bonds. The van der Waals surface area contributed by atoms with Gasteiger partial charge >= 0.3 is 6.03 Å². The Balaban J connectivity index is 1.78. The van der Waals surface area contributed by atoms with Crippen molar-refractivity contribution in [3.8, 4) is 11.5 Å². The first-order valence-electron chi connectivity index (χ1n) is 13.2. The summed E-state index contributed by atoms with van der Waals surface area (Å²) in [5.74, 6) is 1.44. The summed E-state index contributed by atoms with van der Waals surface area (Å²) in [6.07, 6.45) is 1.97. The summed E-state index contributed by atoms with van der Waals surface area (Å²) in [6.45, 7) is 14.2. The molecule has 0 radical (unpaired) electrons. The van der Waals surface area contributed by atoms with Crippen LogP contribution in [0.15, 0.2) is 66.7 Å². The molecule has 0 heterocycles. The lowest BCUT2D eigenvalue weighted by atomic mass is 10.1. The Hall–Kier alpha value is -3.02. The van der Waals surface area contributed by atoms with Crippen molar-refractivity contribution in [2.45, 2.75) is 60.0 Å². The number of anilines is 1. The van der Waals surface area contributed by atoms with E-state index in [-0.39, 0.29) is 12.1 Å². The zero-order chi connectivity index (χ0) is 26.8. The summed E-state index contributed by atoms with van der Waals surface area (Å²) < 4.78 is 6.04. The lowest BCUT2D eigenvalue weighted by Gasteiger charge is -2.31. The number of nitrogens with zero attached hydrogens (tertiary/aromatic N) is 2. The fourth-order valence-electron chi connectivity index (χ4n) is 4.47. The molecule has 3 rings (SSSR count). The molecule has 0 bridgehead atoms. The van der Waals surface area contributed by atoms with E-state index < -0.39 is 0 Å². The standard InChI is InChI=1S/C31H40ClN3O2/c1-6-34(7-2)20-10-13-25(5)35(31(36)33-30-23(3)11-8-12-24(30)4)22-26-14-9-15-29(21-26)37-28-18-16-27(32)17-19-28/h8-9,11-12,14-19,21,25H,6-7,10,13,20,22H2,1-5H3,(H,33,36). The number of ether oxygens (including phenoxy) is 1. The highest BCUT2D eigenvalue weighted by molar-refractivity contribution is 6.30. The van der Waals surface area contributed by atoms with Crippen molar-refractivity contribution in [3.63, 3.8) is 0 Å². The summed E-state index contributed by atoms with van der Waals surface area (Å²) in [5.41, 5.74) is 4.01. The molecule has 3 aromatic rings. The Morgan fingerprint density at radius 1 is 0.946 bits per heavy atom. The third-order valence-electron chi connectivity index (χ3n) is 6.80. The second-order valence-corrected chi connectivity index (χ2v) is 9.98. The molecule has 1 unspecified atom stereocenters. The average molecular weight is 522 g/mol. The van der Waals surface area contributed by atoms with Crippen molar-refractivity contribution in [1.29, 1.82) is 0 Å². The maximum absolute atomic E-state index is 13.6. The van der Waals surface area contributed by atoms with E-state index in [9.17, 15) is 4.79 Å². The Bertz CT molecular complexity index is 1130. The predicted molar refractivity (Wildman–Crippen MR) is 155 cm³/mol. The predicted octanol–water partition coefficient (Wildman–Crippen LogP) is 8.29. The van der Waals surface area contributed by atoms with Gasteiger partial charge in [-0.25, -0.2) is 4.79 Å². The summed E-state index contributed by atoms with van der Waals surface area (Å²) in [6, 6.07) is 21.3. The van der Waals surface area contributed by atoms with Gasteiger partial charge in [-0.15, -0.1) is 0 Å². The van der Waals surface area contributed by atoms with Crippen LogP contribution in [0.2, 0.25) is 5.02 Å². The van der Waals surface area contributed by atoms with E-state index in [1.54, 1.807) is 12.1 Å². The van der Waals surface area contributed by atoms with Gasteiger partial charge in [0.2, 0.25) is 0 Å². The van der Waals surface area contributed by atoms with Gasteiger partial charge in [-0.05, 0) is 106 Å². The lowest BCUT2D eigenvalue weighted by Crippen LogP contribution is -2.41. The van der Waals surface area contributed by atoms with Gasteiger partial charge in [0.05, 0.1) is 0 Å². The summed E-state index contributed by atoms with van der Waals surface area (Å²) in [5, 5.41) is 3.86. The number of benzene rings is 3. The van der Waals surface area contributed by atoms with Crippen LogP contribution in [0.25, 0.3) is 0 Å². The maximum atomic E-state index is 13.6. The summed E-state index contributed by atoms with van der Waals surface area (Å²) >= 11 is 6.00. The number of carbonyl (C=O) groups is 1. The molecular formula is C31H40ClN3O2. The molecule has 3 aromatic carbocycles. The molecule has 0 aliphatic rings. The molecule has 0 saturated heterocycles. The maximum Gasteiger partial charge on any atom is 0.322 e. The van der Waals surface area contributed by atoms with Crippen molar-refractivity contribution in [1.82, 2.24) is 9.80 Å². The normalized spacial score (nSPS) is 11.9. The van der Waals surface area contributed by atoms with Crippen LogP contribution in [-0.4, -0.2) is 41.5 Å². The van der Waals surface area contributed by atoms with Gasteiger partial charge in [-0.2, -0.15) is 0 Å². The summed E-state index contributed by atoms with van der Waals surface area (Å²) in [7, 11) is 0. The highest BCUT2D eigenvalue weighted by Gasteiger charge is 2.22. The molecule has 0 aliphatic carbocycles. The average Bonchev–Trinajstić information content (AvgIpc) is 2.89.